The van der Waals surface area contributed by atoms with Gasteiger partial charge in [0, 0.05) is 65.0 Å². The summed E-state index contributed by atoms with van der Waals surface area (Å²) in [5.74, 6) is 0.839. The van der Waals surface area contributed by atoms with E-state index in [0.29, 0.717) is 13.1 Å². The molecule has 146 valence electrons. The van der Waals surface area contributed by atoms with Gasteiger partial charge >= 0.3 is 0 Å². The molecule has 0 spiro atoms. The molecule has 1 atom stereocenters. The Kier molecular flexibility index (Phi) is 6.15. The van der Waals surface area contributed by atoms with Crippen LogP contribution >= 0.6 is 0 Å². The molecule has 0 aliphatic carbocycles. The number of sulfonamides is 1. The second kappa shape index (κ2) is 8.36. The second-order valence-corrected chi connectivity index (χ2v) is 8.79. The molecule has 1 aromatic rings. The van der Waals surface area contributed by atoms with E-state index in [4.69, 9.17) is 4.52 Å². The van der Waals surface area contributed by atoms with Crippen LogP contribution in [0, 0.1) is 0 Å². The molecule has 0 bridgehead atoms. The van der Waals surface area contributed by atoms with Gasteiger partial charge in [-0.3, -0.25) is 9.89 Å². The van der Waals surface area contributed by atoms with Gasteiger partial charge < -0.3 is 14.7 Å². The number of aromatic nitrogens is 1. The number of hydrogen-bond donors (Lipinski definition) is 1. The van der Waals surface area contributed by atoms with Crippen LogP contribution < -0.4 is 5.32 Å². The third-order valence-electron chi connectivity index (χ3n) is 5.01. The van der Waals surface area contributed by atoms with E-state index in [1.807, 2.05) is 6.07 Å². The van der Waals surface area contributed by atoms with Gasteiger partial charge in [0.25, 0.3) is 0 Å². The Bertz CT molecular complexity index is 698. The van der Waals surface area contributed by atoms with Crippen molar-refractivity contribution in [2.75, 3.05) is 52.6 Å². The maximum Gasteiger partial charge on any atom is 0.211 e. The van der Waals surface area contributed by atoms with Crippen LogP contribution in [0.1, 0.15) is 18.5 Å². The van der Waals surface area contributed by atoms with E-state index in [-0.39, 0.29) is 6.04 Å². The summed E-state index contributed by atoms with van der Waals surface area (Å²) < 4.78 is 30.2. The van der Waals surface area contributed by atoms with Crippen molar-refractivity contribution in [3.63, 3.8) is 0 Å². The standard InChI is InChI=1S/C16H28N6O3S/c1-17-16(18-12-15-4-3-6-22(15)26(2,23)24)21-9-7-20(8-10-21)13-14-5-11-25-19-14/h5,11,15H,3-4,6-10,12-13H2,1-2H3,(H,17,18)/t15-/m1/s1. The zero-order chi connectivity index (χ0) is 18.6. The fourth-order valence-electron chi connectivity index (χ4n) is 3.66. The summed E-state index contributed by atoms with van der Waals surface area (Å²) in [6.07, 6.45) is 4.69. The van der Waals surface area contributed by atoms with E-state index >= 15 is 0 Å². The van der Waals surface area contributed by atoms with Crippen molar-refractivity contribution >= 4 is 16.0 Å². The van der Waals surface area contributed by atoms with Crippen LogP contribution in [0.4, 0.5) is 0 Å². The quantitative estimate of drug-likeness (QED) is 0.555. The highest BCUT2D eigenvalue weighted by molar-refractivity contribution is 7.88. The number of nitrogens with one attached hydrogen (secondary N) is 1. The van der Waals surface area contributed by atoms with Crippen molar-refractivity contribution in [3.05, 3.63) is 18.0 Å². The first-order valence-electron chi connectivity index (χ1n) is 9.01. The van der Waals surface area contributed by atoms with E-state index in [0.717, 1.165) is 57.2 Å². The van der Waals surface area contributed by atoms with Gasteiger partial charge in [-0.2, -0.15) is 4.31 Å². The predicted octanol–water partition coefficient (Wildman–Crippen LogP) is -0.208. The first kappa shape index (κ1) is 19.1. The Morgan fingerprint density at radius 1 is 1.35 bits per heavy atom. The lowest BCUT2D eigenvalue weighted by atomic mass is 10.2. The maximum absolute atomic E-state index is 11.9. The molecule has 0 amide bonds. The van der Waals surface area contributed by atoms with E-state index in [9.17, 15) is 8.42 Å². The summed E-state index contributed by atoms with van der Waals surface area (Å²) >= 11 is 0. The molecule has 1 aromatic heterocycles. The molecular weight excluding hydrogens is 356 g/mol. The van der Waals surface area contributed by atoms with Crippen LogP contribution in [0.25, 0.3) is 0 Å². The smallest absolute Gasteiger partial charge is 0.211 e. The Hall–Kier alpha value is -1.65. The number of piperazine rings is 1. The van der Waals surface area contributed by atoms with Crippen molar-refractivity contribution in [2.24, 2.45) is 4.99 Å². The van der Waals surface area contributed by atoms with Gasteiger partial charge in [0.05, 0.1) is 11.9 Å². The molecule has 2 saturated heterocycles. The van der Waals surface area contributed by atoms with Gasteiger partial charge in [-0.25, -0.2) is 8.42 Å². The molecule has 9 nitrogen and oxygen atoms in total. The molecule has 2 fully saturated rings. The van der Waals surface area contributed by atoms with Crippen LogP contribution in [0.15, 0.2) is 21.8 Å². The number of aliphatic imine (C=N–C) groups is 1. The van der Waals surface area contributed by atoms with E-state index in [2.05, 4.69) is 25.3 Å². The van der Waals surface area contributed by atoms with E-state index < -0.39 is 10.0 Å². The Labute approximate surface area is 155 Å². The average molecular weight is 385 g/mol. The number of guanidine groups is 1. The lowest BCUT2D eigenvalue weighted by Gasteiger charge is -2.36. The minimum Gasteiger partial charge on any atom is -0.364 e. The van der Waals surface area contributed by atoms with Gasteiger partial charge in [0.1, 0.15) is 6.26 Å². The first-order valence-corrected chi connectivity index (χ1v) is 10.9. The van der Waals surface area contributed by atoms with Crippen molar-refractivity contribution in [1.29, 1.82) is 0 Å². The van der Waals surface area contributed by atoms with Crippen molar-refractivity contribution in [2.45, 2.75) is 25.4 Å². The van der Waals surface area contributed by atoms with Crippen LogP contribution in [0.2, 0.25) is 0 Å². The lowest BCUT2D eigenvalue weighted by molar-refractivity contribution is 0.168. The third kappa shape index (κ3) is 4.74. The molecule has 0 saturated carbocycles. The van der Waals surface area contributed by atoms with Crippen LogP contribution in [0.5, 0.6) is 0 Å². The van der Waals surface area contributed by atoms with Gasteiger partial charge in [0.15, 0.2) is 5.96 Å². The highest BCUT2D eigenvalue weighted by atomic mass is 32.2. The normalized spacial score (nSPS) is 23.5. The minimum absolute atomic E-state index is 0.00945. The summed E-state index contributed by atoms with van der Waals surface area (Å²) in [5, 5.41) is 7.33. The summed E-state index contributed by atoms with van der Waals surface area (Å²) in [6.45, 7) is 5.60. The summed E-state index contributed by atoms with van der Waals surface area (Å²) in [7, 11) is -1.37. The Morgan fingerprint density at radius 3 is 2.73 bits per heavy atom. The number of nitrogens with zero attached hydrogens (tertiary/aromatic N) is 5. The van der Waals surface area contributed by atoms with Gasteiger partial charge in [-0.05, 0) is 12.8 Å². The Morgan fingerprint density at radius 2 is 2.12 bits per heavy atom. The molecule has 0 aromatic carbocycles. The predicted molar refractivity (Wildman–Crippen MR) is 99.3 cm³/mol. The lowest BCUT2D eigenvalue weighted by Crippen LogP contribution is -2.54. The summed E-state index contributed by atoms with van der Waals surface area (Å²) in [4.78, 5) is 8.94. The molecule has 3 rings (SSSR count). The summed E-state index contributed by atoms with van der Waals surface area (Å²) in [6, 6.07) is 1.90. The van der Waals surface area contributed by atoms with Crippen molar-refractivity contribution in [3.8, 4) is 0 Å². The van der Waals surface area contributed by atoms with Crippen LogP contribution in [-0.2, 0) is 16.6 Å². The molecule has 0 unspecified atom stereocenters. The van der Waals surface area contributed by atoms with Crippen LogP contribution in [0.3, 0.4) is 0 Å². The zero-order valence-corrected chi connectivity index (χ0v) is 16.3. The van der Waals surface area contributed by atoms with E-state index in [1.165, 1.54) is 6.26 Å². The molecule has 0 radical (unpaired) electrons. The largest absolute Gasteiger partial charge is 0.364 e. The highest BCUT2D eigenvalue weighted by Crippen LogP contribution is 2.19. The van der Waals surface area contributed by atoms with Crippen LogP contribution in [-0.4, -0.2) is 92.3 Å². The monoisotopic (exact) mass is 384 g/mol. The van der Waals surface area contributed by atoms with Gasteiger partial charge in [-0.15, -0.1) is 0 Å². The topological polar surface area (TPSA) is 94.3 Å². The molecule has 1 N–H and O–H groups in total. The Balaban J connectivity index is 1.48. The van der Waals surface area contributed by atoms with Gasteiger partial charge in [-0.1, -0.05) is 5.16 Å². The first-order chi connectivity index (χ1) is 12.5. The molecule has 2 aliphatic rings. The minimum atomic E-state index is -3.14. The van der Waals surface area contributed by atoms with Crippen molar-refractivity contribution in [1.82, 2.24) is 24.6 Å². The molecule has 26 heavy (non-hydrogen) atoms. The SMILES string of the molecule is CN=C(NC[C@H]1CCCN1S(C)(=O)=O)N1CCN(Cc2ccon2)CC1. The van der Waals surface area contributed by atoms with Gasteiger partial charge in [0.2, 0.25) is 10.0 Å². The molecular formula is C16H28N6O3S. The average Bonchev–Trinajstić information content (AvgIpc) is 3.28. The number of hydrogen-bond acceptors (Lipinski definition) is 6. The zero-order valence-electron chi connectivity index (χ0n) is 15.5. The molecule has 3 heterocycles. The molecule has 10 heteroatoms. The summed E-state index contributed by atoms with van der Waals surface area (Å²) in [5.41, 5.74) is 0.947. The fraction of sp³-hybridized carbons (Fsp3) is 0.750. The van der Waals surface area contributed by atoms with E-state index in [1.54, 1.807) is 17.6 Å². The van der Waals surface area contributed by atoms with Crippen molar-refractivity contribution < 1.29 is 12.9 Å². The number of rotatable bonds is 5. The maximum atomic E-state index is 11.9. The molecule has 2 aliphatic heterocycles. The highest BCUT2D eigenvalue weighted by Gasteiger charge is 2.31. The third-order valence-corrected chi connectivity index (χ3v) is 6.34. The second-order valence-electron chi connectivity index (χ2n) is 6.85. The fourth-order valence-corrected chi connectivity index (χ4v) is 4.84.